The third kappa shape index (κ3) is 3.61. The molecule has 3 rings (SSSR count). The van der Waals surface area contributed by atoms with Crippen molar-refractivity contribution < 1.29 is 9.53 Å². The van der Waals surface area contributed by atoms with E-state index in [1.54, 1.807) is 6.92 Å². The number of anilines is 1. The molecule has 0 saturated carbocycles. The van der Waals surface area contributed by atoms with E-state index in [-0.39, 0.29) is 5.69 Å². The summed E-state index contributed by atoms with van der Waals surface area (Å²) in [4.78, 5) is 18.9. The molecule has 0 amide bonds. The van der Waals surface area contributed by atoms with Crippen molar-refractivity contribution in [2.24, 2.45) is 0 Å². The summed E-state index contributed by atoms with van der Waals surface area (Å²) in [6.45, 7) is 3.75. The average molecular weight is 330 g/mol. The molecule has 0 bridgehead atoms. The van der Waals surface area contributed by atoms with Crippen molar-refractivity contribution in [3.8, 4) is 11.4 Å². The van der Waals surface area contributed by atoms with E-state index in [1.807, 2.05) is 42.1 Å². The second kappa shape index (κ2) is 7.41. The molecular weight excluding hydrogens is 312 g/mol. The maximum absolute atomic E-state index is 12.2. The number of hydrogen-bond acceptors (Lipinski definition) is 7. The fourth-order valence-corrected chi connectivity index (χ4v) is 3.26. The minimum atomic E-state index is -0.472. The molecule has 1 fully saturated rings. The van der Waals surface area contributed by atoms with Crippen LogP contribution in [0, 0.1) is 0 Å². The van der Waals surface area contributed by atoms with Gasteiger partial charge in [0.05, 0.1) is 6.61 Å². The van der Waals surface area contributed by atoms with Gasteiger partial charge in [0.15, 0.2) is 11.6 Å². The molecule has 1 aliphatic rings. The number of ether oxygens (including phenoxy) is 1. The lowest BCUT2D eigenvalue weighted by Crippen LogP contribution is -2.35. The van der Waals surface area contributed by atoms with Gasteiger partial charge in [0.1, 0.15) is 0 Å². The summed E-state index contributed by atoms with van der Waals surface area (Å²) in [6, 6.07) is 9.64. The molecule has 120 valence electrons. The molecule has 1 aliphatic heterocycles. The van der Waals surface area contributed by atoms with Gasteiger partial charge in [-0.15, -0.1) is 10.2 Å². The number of carbonyl (C=O) groups excluding carboxylic acids is 1. The quantitative estimate of drug-likeness (QED) is 0.797. The minimum Gasteiger partial charge on any atom is -0.461 e. The standard InChI is InChI=1S/C16H18N4O2S/c1-2-22-16(21)13-15(20-8-10-23-11-9-20)17-14(19-18-13)12-6-4-3-5-7-12/h3-7H,2,8-11H2,1H3. The third-order valence-electron chi connectivity index (χ3n) is 3.48. The smallest absolute Gasteiger partial charge is 0.362 e. The van der Waals surface area contributed by atoms with Gasteiger partial charge in [-0.2, -0.15) is 11.8 Å². The lowest BCUT2D eigenvalue weighted by molar-refractivity contribution is 0.0518. The van der Waals surface area contributed by atoms with Crippen LogP contribution in [0.3, 0.4) is 0 Å². The van der Waals surface area contributed by atoms with Gasteiger partial charge in [-0.3, -0.25) is 0 Å². The average Bonchev–Trinajstić information content (AvgIpc) is 2.63. The Labute approximate surface area is 139 Å². The Kier molecular flexibility index (Phi) is 5.07. The van der Waals surface area contributed by atoms with E-state index < -0.39 is 5.97 Å². The normalized spacial score (nSPS) is 14.6. The molecule has 0 aliphatic carbocycles. The van der Waals surface area contributed by atoms with Crippen LogP contribution in [0.4, 0.5) is 5.82 Å². The highest BCUT2D eigenvalue weighted by Gasteiger charge is 2.24. The number of thioether (sulfide) groups is 1. The van der Waals surface area contributed by atoms with Crippen molar-refractivity contribution in [3.05, 3.63) is 36.0 Å². The van der Waals surface area contributed by atoms with Gasteiger partial charge in [-0.25, -0.2) is 9.78 Å². The first-order valence-corrected chi connectivity index (χ1v) is 8.75. The van der Waals surface area contributed by atoms with Crippen LogP contribution in [0.2, 0.25) is 0 Å². The molecule has 2 heterocycles. The van der Waals surface area contributed by atoms with Gasteiger partial charge in [0.25, 0.3) is 0 Å². The molecule has 0 atom stereocenters. The monoisotopic (exact) mass is 330 g/mol. The van der Waals surface area contributed by atoms with Gasteiger partial charge in [0.2, 0.25) is 5.69 Å². The molecular formula is C16H18N4O2S. The summed E-state index contributed by atoms with van der Waals surface area (Å²) in [5.41, 5.74) is 1.07. The summed E-state index contributed by atoms with van der Waals surface area (Å²) in [5, 5.41) is 8.23. The van der Waals surface area contributed by atoms with Crippen molar-refractivity contribution in [2.75, 3.05) is 36.1 Å². The Hall–Kier alpha value is -2.15. The Morgan fingerprint density at radius 3 is 2.65 bits per heavy atom. The van der Waals surface area contributed by atoms with Gasteiger partial charge in [0, 0.05) is 30.2 Å². The Morgan fingerprint density at radius 2 is 1.96 bits per heavy atom. The maximum Gasteiger partial charge on any atom is 0.362 e. The number of nitrogens with zero attached hydrogens (tertiary/aromatic N) is 4. The Bertz CT molecular complexity index is 675. The summed E-state index contributed by atoms with van der Waals surface area (Å²) in [7, 11) is 0. The van der Waals surface area contributed by atoms with E-state index in [2.05, 4.69) is 20.1 Å². The number of aromatic nitrogens is 3. The van der Waals surface area contributed by atoms with Crippen molar-refractivity contribution in [1.82, 2.24) is 15.2 Å². The van der Waals surface area contributed by atoms with E-state index in [4.69, 9.17) is 4.74 Å². The van der Waals surface area contributed by atoms with Crippen LogP contribution in [-0.2, 0) is 4.74 Å². The zero-order chi connectivity index (χ0) is 16.1. The molecule has 1 aromatic heterocycles. The molecule has 6 nitrogen and oxygen atoms in total. The predicted molar refractivity (Wildman–Crippen MR) is 90.8 cm³/mol. The minimum absolute atomic E-state index is 0.193. The molecule has 1 saturated heterocycles. The highest BCUT2D eigenvalue weighted by molar-refractivity contribution is 7.99. The SMILES string of the molecule is CCOC(=O)c1nnc(-c2ccccc2)nc1N1CCSCC1. The second-order valence-corrected chi connectivity index (χ2v) is 6.22. The van der Waals surface area contributed by atoms with Gasteiger partial charge in [-0.1, -0.05) is 30.3 Å². The molecule has 0 radical (unpaired) electrons. The van der Waals surface area contributed by atoms with Crippen molar-refractivity contribution in [1.29, 1.82) is 0 Å². The zero-order valence-corrected chi connectivity index (χ0v) is 13.8. The highest BCUT2D eigenvalue weighted by Crippen LogP contribution is 2.23. The second-order valence-electron chi connectivity index (χ2n) is 4.99. The van der Waals surface area contributed by atoms with Crippen molar-refractivity contribution in [3.63, 3.8) is 0 Å². The lowest BCUT2D eigenvalue weighted by atomic mass is 10.2. The maximum atomic E-state index is 12.2. The summed E-state index contributed by atoms with van der Waals surface area (Å²) < 4.78 is 5.09. The van der Waals surface area contributed by atoms with Crippen molar-refractivity contribution >= 4 is 23.5 Å². The van der Waals surface area contributed by atoms with Crippen LogP contribution in [0.5, 0.6) is 0 Å². The summed E-state index contributed by atoms with van der Waals surface area (Å²) in [6.07, 6.45) is 0. The van der Waals surface area contributed by atoms with E-state index in [9.17, 15) is 4.79 Å². The molecule has 7 heteroatoms. The van der Waals surface area contributed by atoms with Crippen LogP contribution in [0.15, 0.2) is 30.3 Å². The number of hydrogen-bond donors (Lipinski definition) is 0. The highest BCUT2D eigenvalue weighted by atomic mass is 32.2. The van der Waals surface area contributed by atoms with E-state index in [0.717, 1.165) is 30.2 Å². The number of rotatable bonds is 4. The van der Waals surface area contributed by atoms with Crippen LogP contribution < -0.4 is 4.90 Å². The third-order valence-corrected chi connectivity index (χ3v) is 4.42. The topological polar surface area (TPSA) is 68.2 Å². The fraction of sp³-hybridized carbons (Fsp3) is 0.375. The van der Waals surface area contributed by atoms with Crippen LogP contribution >= 0.6 is 11.8 Å². The van der Waals surface area contributed by atoms with Crippen LogP contribution in [0.1, 0.15) is 17.4 Å². The summed E-state index contributed by atoms with van der Waals surface area (Å²) in [5.74, 6) is 2.63. The first kappa shape index (κ1) is 15.7. The molecule has 1 aromatic carbocycles. The number of esters is 1. The predicted octanol–water partition coefficient (Wildman–Crippen LogP) is 2.27. The van der Waals surface area contributed by atoms with E-state index in [1.165, 1.54) is 0 Å². The van der Waals surface area contributed by atoms with Gasteiger partial charge >= 0.3 is 5.97 Å². The van der Waals surface area contributed by atoms with Crippen LogP contribution in [0.25, 0.3) is 11.4 Å². The molecule has 0 spiro atoms. The Balaban J connectivity index is 2.01. The van der Waals surface area contributed by atoms with Crippen LogP contribution in [-0.4, -0.2) is 52.4 Å². The summed E-state index contributed by atoms with van der Waals surface area (Å²) >= 11 is 1.90. The van der Waals surface area contributed by atoms with E-state index in [0.29, 0.717) is 18.2 Å². The molecule has 2 aromatic rings. The molecule has 0 unspecified atom stereocenters. The largest absolute Gasteiger partial charge is 0.461 e. The number of benzene rings is 1. The number of carbonyl (C=O) groups is 1. The zero-order valence-electron chi connectivity index (χ0n) is 12.9. The first-order chi connectivity index (χ1) is 11.3. The van der Waals surface area contributed by atoms with E-state index >= 15 is 0 Å². The fourth-order valence-electron chi connectivity index (χ4n) is 2.35. The first-order valence-electron chi connectivity index (χ1n) is 7.59. The van der Waals surface area contributed by atoms with Crippen molar-refractivity contribution in [2.45, 2.75) is 6.92 Å². The molecule has 23 heavy (non-hydrogen) atoms. The van der Waals surface area contributed by atoms with Gasteiger partial charge < -0.3 is 9.64 Å². The van der Waals surface area contributed by atoms with Gasteiger partial charge in [-0.05, 0) is 6.92 Å². The lowest BCUT2D eigenvalue weighted by Gasteiger charge is -2.28. The molecule has 0 N–H and O–H groups in total. The Morgan fingerprint density at radius 1 is 1.22 bits per heavy atom.